The van der Waals surface area contributed by atoms with Crippen LogP contribution >= 0.6 is 0 Å². The molecule has 0 heterocycles. The molecule has 0 aliphatic heterocycles. The molecule has 1 unspecified atom stereocenters. The lowest BCUT2D eigenvalue weighted by Gasteiger charge is -2.32. The maximum absolute atomic E-state index is 11.3. The molecule has 2 heteroatoms. The van der Waals surface area contributed by atoms with Crippen LogP contribution < -0.4 is 0 Å². The molecule has 0 fully saturated rings. The number of hydrogen-bond acceptors (Lipinski definition) is 2. The summed E-state index contributed by atoms with van der Waals surface area (Å²) in [4.78, 5) is 11.3. The molecule has 0 saturated heterocycles. The van der Waals surface area contributed by atoms with E-state index in [1.54, 1.807) is 14.0 Å². The highest BCUT2D eigenvalue weighted by molar-refractivity contribution is 5.85. The molecule has 0 bridgehead atoms. The van der Waals surface area contributed by atoms with E-state index in [4.69, 9.17) is 4.74 Å². The average molecular weight is 168 g/mol. The van der Waals surface area contributed by atoms with Gasteiger partial charge in [0.05, 0.1) is 0 Å². The largest absolute Gasteiger partial charge is 0.370 e. The first-order valence-corrected chi connectivity index (χ1v) is 4.32. The van der Waals surface area contributed by atoms with Crippen LogP contribution in [0.5, 0.6) is 0 Å². The second-order valence-corrected chi connectivity index (χ2v) is 3.51. The molecule has 0 spiro atoms. The van der Waals surface area contributed by atoms with Crippen LogP contribution in [0.25, 0.3) is 0 Å². The summed E-state index contributed by atoms with van der Waals surface area (Å²) in [6, 6.07) is 0. The van der Waals surface area contributed by atoms with Gasteiger partial charge >= 0.3 is 0 Å². The van der Waals surface area contributed by atoms with E-state index in [2.05, 4.69) is 13.0 Å². The Hall–Kier alpha value is -0.630. The normalized spacial score (nSPS) is 29.8. The highest BCUT2D eigenvalue weighted by atomic mass is 16.5. The van der Waals surface area contributed by atoms with Crippen LogP contribution in [0.4, 0.5) is 0 Å². The number of carbonyl (C=O) groups excluding carboxylic acids is 1. The van der Waals surface area contributed by atoms with Crippen molar-refractivity contribution in [2.45, 2.75) is 38.7 Å². The van der Waals surface area contributed by atoms with Crippen molar-refractivity contribution in [3.05, 3.63) is 11.6 Å². The van der Waals surface area contributed by atoms with Gasteiger partial charge in [-0.25, -0.2) is 0 Å². The van der Waals surface area contributed by atoms with Gasteiger partial charge in [-0.1, -0.05) is 11.6 Å². The Bertz CT molecular complexity index is 218. The number of carbonyl (C=O) groups is 1. The van der Waals surface area contributed by atoms with E-state index in [1.807, 2.05) is 0 Å². The third kappa shape index (κ3) is 1.58. The van der Waals surface area contributed by atoms with Crippen molar-refractivity contribution in [3.63, 3.8) is 0 Å². The van der Waals surface area contributed by atoms with Crippen LogP contribution in [0.3, 0.4) is 0 Å². The molecule has 68 valence electrons. The fraction of sp³-hybridized carbons (Fsp3) is 0.700. The highest BCUT2D eigenvalue weighted by Gasteiger charge is 2.35. The first-order chi connectivity index (χ1) is 5.60. The first kappa shape index (κ1) is 9.46. The van der Waals surface area contributed by atoms with Crippen LogP contribution in [0.1, 0.15) is 33.1 Å². The molecular weight excluding hydrogens is 152 g/mol. The van der Waals surface area contributed by atoms with E-state index >= 15 is 0 Å². The minimum Gasteiger partial charge on any atom is -0.370 e. The Morgan fingerprint density at radius 1 is 1.67 bits per heavy atom. The highest BCUT2D eigenvalue weighted by Crippen LogP contribution is 2.30. The summed E-state index contributed by atoms with van der Waals surface area (Å²) in [6.07, 6.45) is 4.66. The van der Waals surface area contributed by atoms with Gasteiger partial charge in [0.15, 0.2) is 5.78 Å². The van der Waals surface area contributed by atoms with Crippen molar-refractivity contribution in [2.75, 3.05) is 7.11 Å². The maximum Gasteiger partial charge on any atom is 0.161 e. The minimum absolute atomic E-state index is 0.147. The molecule has 1 rings (SSSR count). The van der Waals surface area contributed by atoms with Crippen molar-refractivity contribution in [2.24, 2.45) is 0 Å². The molecule has 1 aliphatic rings. The molecule has 12 heavy (non-hydrogen) atoms. The van der Waals surface area contributed by atoms with E-state index in [0.717, 1.165) is 19.3 Å². The summed E-state index contributed by atoms with van der Waals surface area (Å²) >= 11 is 0. The van der Waals surface area contributed by atoms with Crippen molar-refractivity contribution in [3.8, 4) is 0 Å². The number of Topliss-reactive ketones (excluding diaryl/α,β-unsaturated/α-hetero) is 1. The molecule has 1 atom stereocenters. The van der Waals surface area contributed by atoms with Gasteiger partial charge in [0.1, 0.15) is 5.60 Å². The quantitative estimate of drug-likeness (QED) is 0.590. The fourth-order valence-electron chi connectivity index (χ4n) is 1.59. The number of allylic oxidation sites excluding steroid dienone is 1. The van der Waals surface area contributed by atoms with Crippen LogP contribution in [0, 0.1) is 0 Å². The Kier molecular flexibility index (Phi) is 2.68. The predicted octanol–water partition coefficient (Wildman–Crippen LogP) is 2.09. The first-order valence-electron chi connectivity index (χ1n) is 4.32. The van der Waals surface area contributed by atoms with Gasteiger partial charge in [0.2, 0.25) is 0 Å². The summed E-state index contributed by atoms with van der Waals surface area (Å²) in [7, 11) is 1.62. The molecular formula is C10H16O2. The van der Waals surface area contributed by atoms with E-state index in [9.17, 15) is 4.79 Å². The molecule has 0 aromatic rings. The van der Waals surface area contributed by atoms with Gasteiger partial charge in [-0.15, -0.1) is 0 Å². The molecule has 0 aromatic carbocycles. The van der Waals surface area contributed by atoms with Crippen LogP contribution in [0.2, 0.25) is 0 Å². The zero-order chi connectivity index (χ0) is 9.19. The number of ketones is 1. The third-order valence-corrected chi connectivity index (χ3v) is 2.74. The predicted molar refractivity (Wildman–Crippen MR) is 48.0 cm³/mol. The van der Waals surface area contributed by atoms with Crippen LogP contribution in [-0.4, -0.2) is 18.5 Å². The molecule has 0 aromatic heterocycles. The standard InChI is InChI=1S/C10H16O2/c1-8-4-6-10(12-3,7-5-8)9(2)11/h4H,5-7H2,1-3H3. The van der Waals surface area contributed by atoms with Gasteiger partial charge in [-0.2, -0.15) is 0 Å². The third-order valence-electron chi connectivity index (χ3n) is 2.74. The summed E-state index contributed by atoms with van der Waals surface area (Å²) in [5, 5.41) is 0. The molecule has 0 radical (unpaired) electrons. The topological polar surface area (TPSA) is 26.3 Å². The van der Waals surface area contributed by atoms with E-state index in [-0.39, 0.29) is 5.78 Å². The van der Waals surface area contributed by atoms with Gasteiger partial charge < -0.3 is 4.74 Å². The van der Waals surface area contributed by atoms with Gasteiger partial charge in [-0.05, 0) is 26.7 Å². The van der Waals surface area contributed by atoms with Gasteiger partial charge in [-0.3, -0.25) is 4.79 Å². The number of methoxy groups -OCH3 is 1. The van der Waals surface area contributed by atoms with Crippen LogP contribution in [-0.2, 0) is 9.53 Å². The zero-order valence-corrected chi connectivity index (χ0v) is 8.02. The molecule has 2 nitrogen and oxygen atoms in total. The van der Waals surface area contributed by atoms with Crippen LogP contribution in [0.15, 0.2) is 11.6 Å². The van der Waals surface area contributed by atoms with Crippen molar-refractivity contribution in [1.82, 2.24) is 0 Å². The SMILES string of the molecule is COC1(C(C)=O)CC=C(C)CC1. The van der Waals surface area contributed by atoms with E-state index in [0.29, 0.717) is 0 Å². The summed E-state index contributed by atoms with van der Waals surface area (Å²) < 4.78 is 5.29. The second kappa shape index (κ2) is 3.40. The lowest BCUT2D eigenvalue weighted by molar-refractivity contribution is -0.139. The molecule has 0 amide bonds. The summed E-state index contributed by atoms with van der Waals surface area (Å²) in [5.74, 6) is 0.147. The smallest absolute Gasteiger partial charge is 0.161 e. The second-order valence-electron chi connectivity index (χ2n) is 3.51. The fourth-order valence-corrected chi connectivity index (χ4v) is 1.59. The van der Waals surface area contributed by atoms with Gasteiger partial charge in [0, 0.05) is 13.5 Å². The van der Waals surface area contributed by atoms with Crippen molar-refractivity contribution < 1.29 is 9.53 Å². The van der Waals surface area contributed by atoms with E-state index in [1.165, 1.54) is 5.57 Å². The lowest BCUT2D eigenvalue weighted by atomic mass is 9.83. The average Bonchev–Trinajstić information content (AvgIpc) is 2.06. The summed E-state index contributed by atoms with van der Waals surface area (Å²) in [5.41, 5.74) is 0.850. The Labute approximate surface area is 73.6 Å². The summed E-state index contributed by atoms with van der Waals surface area (Å²) in [6.45, 7) is 3.71. The Morgan fingerprint density at radius 3 is 2.67 bits per heavy atom. The van der Waals surface area contributed by atoms with E-state index < -0.39 is 5.60 Å². The zero-order valence-electron chi connectivity index (χ0n) is 8.02. The monoisotopic (exact) mass is 168 g/mol. The van der Waals surface area contributed by atoms with Crippen molar-refractivity contribution >= 4 is 5.78 Å². The molecule has 1 aliphatic carbocycles. The maximum atomic E-state index is 11.3. The van der Waals surface area contributed by atoms with Crippen molar-refractivity contribution in [1.29, 1.82) is 0 Å². The van der Waals surface area contributed by atoms with Gasteiger partial charge in [0.25, 0.3) is 0 Å². The molecule has 0 saturated carbocycles. The lowest BCUT2D eigenvalue weighted by Crippen LogP contribution is -2.40. The Morgan fingerprint density at radius 2 is 2.33 bits per heavy atom. The number of rotatable bonds is 2. The minimum atomic E-state index is -0.514. The number of hydrogen-bond donors (Lipinski definition) is 0. The number of ether oxygens (including phenoxy) is 1. The Balaban J connectivity index is 2.78. The molecule has 0 N–H and O–H groups in total.